The van der Waals surface area contributed by atoms with Gasteiger partial charge in [0.1, 0.15) is 6.61 Å². The third-order valence-electron chi connectivity index (χ3n) is 2.73. The summed E-state index contributed by atoms with van der Waals surface area (Å²) in [6.45, 7) is 6.72. The summed E-state index contributed by atoms with van der Waals surface area (Å²) in [6, 6.07) is 5.05. The van der Waals surface area contributed by atoms with Crippen LogP contribution in [-0.2, 0) is 6.54 Å². The molecular weight excluding hydrogens is 255 g/mol. The fourth-order valence-electron chi connectivity index (χ4n) is 2.15. The van der Waals surface area contributed by atoms with Crippen LogP contribution in [-0.4, -0.2) is 30.1 Å². The van der Waals surface area contributed by atoms with Crippen molar-refractivity contribution < 1.29 is 9.13 Å². The van der Waals surface area contributed by atoms with Gasteiger partial charge in [0.15, 0.2) is 11.6 Å². The Bertz CT molecular complexity index is 406. The van der Waals surface area contributed by atoms with Crippen LogP contribution in [0.5, 0.6) is 5.75 Å². The Kier molecular flexibility index (Phi) is 4.96. The van der Waals surface area contributed by atoms with Crippen LogP contribution in [0.4, 0.5) is 4.39 Å². The highest BCUT2D eigenvalue weighted by Crippen LogP contribution is 2.26. The smallest absolute Gasteiger partial charge is 0.165 e. The number of hydrogen-bond acceptors (Lipinski definition) is 3. The van der Waals surface area contributed by atoms with E-state index in [1.54, 1.807) is 6.07 Å². The number of nitrogens with zero attached hydrogens (tertiary/aromatic N) is 1. The van der Waals surface area contributed by atoms with Crippen LogP contribution in [0.2, 0.25) is 0 Å². The van der Waals surface area contributed by atoms with E-state index in [-0.39, 0.29) is 23.8 Å². The van der Waals surface area contributed by atoms with Gasteiger partial charge in [-0.3, -0.25) is 4.90 Å². The standard InChI is InChI=1S/C13H19FN2O.ClH/c1-13(2,15)9-16-6-7-17-12-10(8-16)4-3-5-11(12)14;/h3-5H,6-9,15H2,1-2H3;1H. The number of ether oxygens (including phenoxy) is 1. The summed E-state index contributed by atoms with van der Waals surface area (Å²) in [5, 5.41) is 0. The van der Waals surface area contributed by atoms with E-state index in [9.17, 15) is 4.39 Å². The molecule has 0 amide bonds. The van der Waals surface area contributed by atoms with Gasteiger partial charge in [0, 0.05) is 30.7 Å². The summed E-state index contributed by atoms with van der Waals surface area (Å²) in [6.07, 6.45) is 0. The second kappa shape index (κ2) is 5.87. The summed E-state index contributed by atoms with van der Waals surface area (Å²) in [5.74, 6) is 0.112. The van der Waals surface area contributed by atoms with E-state index in [0.717, 1.165) is 18.7 Å². The van der Waals surface area contributed by atoms with Crippen molar-refractivity contribution in [1.29, 1.82) is 0 Å². The van der Waals surface area contributed by atoms with Gasteiger partial charge in [0.25, 0.3) is 0 Å². The molecule has 0 fully saturated rings. The second-order valence-electron chi connectivity index (χ2n) is 5.28. The van der Waals surface area contributed by atoms with E-state index in [2.05, 4.69) is 4.90 Å². The van der Waals surface area contributed by atoms with Crippen molar-refractivity contribution in [3.63, 3.8) is 0 Å². The van der Waals surface area contributed by atoms with E-state index in [1.165, 1.54) is 6.07 Å². The average Bonchev–Trinajstić information content (AvgIpc) is 2.38. The molecule has 0 saturated carbocycles. The molecule has 0 aromatic heterocycles. The zero-order valence-electron chi connectivity index (χ0n) is 10.8. The maximum atomic E-state index is 13.5. The first-order chi connectivity index (χ1) is 7.96. The maximum Gasteiger partial charge on any atom is 0.165 e. The Balaban J connectivity index is 0.00000162. The Morgan fingerprint density at radius 3 is 2.83 bits per heavy atom. The third kappa shape index (κ3) is 3.83. The molecule has 0 atom stereocenters. The van der Waals surface area contributed by atoms with Crippen LogP contribution < -0.4 is 10.5 Å². The number of hydrogen-bond donors (Lipinski definition) is 1. The van der Waals surface area contributed by atoms with E-state index >= 15 is 0 Å². The lowest BCUT2D eigenvalue weighted by Gasteiger charge is -2.28. The molecule has 0 radical (unpaired) electrons. The van der Waals surface area contributed by atoms with Gasteiger partial charge in [0.2, 0.25) is 0 Å². The Labute approximate surface area is 114 Å². The summed E-state index contributed by atoms with van der Waals surface area (Å²) in [5.41, 5.74) is 6.65. The van der Waals surface area contributed by atoms with Gasteiger partial charge < -0.3 is 10.5 Å². The Morgan fingerprint density at radius 1 is 1.44 bits per heavy atom. The monoisotopic (exact) mass is 274 g/mol. The summed E-state index contributed by atoms with van der Waals surface area (Å²) in [7, 11) is 0. The van der Waals surface area contributed by atoms with E-state index < -0.39 is 0 Å². The van der Waals surface area contributed by atoms with Gasteiger partial charge in [-0.25, -0.2) is 4.39 Å². The van der Waals surface area contributed by atoms with Gasteiger partial charge in [-0.05, 0) is 19.9 Å². The molecule has 0 spiro atoms. The van der Waals surface area contributed by atoms with Crippen LogP contribution in [0.25, 0.3) is 0 Å². The lowest BCUT2D eigenvalue weighted by Crippen LogP contribution is -2.45. The third-order valence-corrected chi connectivity index (χ3v) is 2.73. The quantitative estimate of drug-likeness (QED) is 0.898. The number of benzene rings is 1. The fourth-order valence-corrected chi connectivity index (χ4v) is 2.15. The molecule has 0 bridgehead atoms. The highest BCUT2D eigenvalue weighted by atomic mass is 35.5. The van der Waals surface area contributed by atoms with Crippen LogP contribution in [0.15, 0.2) is 18.2 Å². The normalized spacial score (nSPS) is 16.2. The first-order valence-electron chi connectivity index (χ1n) is 5.87. The fraction of sp³-hybridized carbons (Fsp3) is 0.538. The first-order valence-corrected chi connectivity index (χ1v) is 5.87. The minimum absolute atomic E-state index is 0. The van der Waals surface area contributed by atoms with Crippen LogP contribution in [0.3, 0.4) is 0 Å². The van der Waals surface area contributed by atoms with Crippen molar-refractivity contribution >= 4 is 12.4 Å². The Hall–Kier alpha value is -0.840. The molecule has 1 aromatic rings. The van der Waals surface area contributed by atoms with Crippen LogP contribution >= 0.6 is 12.4 Å². The largest absolute Gasteiger partial charge is 0.489 e. The van der Waals surface area contributed by atoms with E-state index in [1.807, 2.05) is 19.9 Å². The minimum atomic E-state index is -0.281. The molecule has 102 valence electrons. The molecule has 0 unspecified atom stereocenters. The first kappa shape index (κ1) is 15.2. The molecule has 2 rings (SSSR count). The molecule has 2 N–H and O–H groups in total. The lowest BCUT2D eigenvalue weighted by molar-refractivity contribution is 0.193. The van der Waals surface area contributed by atoms with Gasteiger partial charge in [-0.2, -0.15) is 0 Å². The summed E-state index contributed by atoms with van der Waals surface area (Å²) in [4.78, 5) is 2.20. The van der Waals surface area contributed by atoms with Crippen molar-refractivity contribution in [2.75, 3.05) is 19.7 Å². The number of para-hydroxylation sites is 1. The predicted molar refractivity (Wildman–Crippen MR) is 72.7 cm³/mol. The highest BCUT2D eigenvalue weighted by molar-refractivity contribution is 5.85. The number of rotatable bonds is 2. The number of fused-ring (bicyclic) bond motifs is 1. The lowest BCUT2D eigenvalue weighted by atomic mass is 10.1. The molecule has 1 aliphatic rings. The maximum absolute atomic E-state index is 13.5. The molecule has 18 heavy (non-hydrogen) atoms. The topological polar surface area (TPSA) is 38.5 Å². The predicted octanol–water partition coefficient (Wildman–Crippen LogP) is 2.18. The summed E-state index contributed by atoms with van der Waals surface area (Å²) < 4.78 is 19.0. The average molecular weight is 275 g/mol. The van der Waals surface area contributed by atoms with Crippen molar-refractivity contribution in [3.8, 4) is 5.75 Å². The van der Waals surface area contributed by atoms with Crippen molar-refractivity contribution in [3.05, 3.63) is 29.6 Å². The molecular formula is C13H20ClFN2O. The minimum Gasteiger partial charge on any atom is -0.489 e. The van der Waals surface area contributed by atoms with Crippen molar-refractivity contribution in [1.82, 2.24) is 4.90 Å². The highest BCUT2D eigenvalue weighted by Gasteiger charge is 2.22. The van der Waals surface area contributed by atoms with Crippen LogP contribution in [0, 0.1) is 5.82 Å². The molecule has 5 heteroatoms. The second-order valence-corrected chi connectivity index (χ2v) is 5.28. The van der Waals surface area contributed by atoms with Gasteiger partial charge in [-0.15, -0.1) is 12.4 Å². The Morgan fingerprint density at radius 2 is 2.17 bits per heavy atom. The number of halogens is 2. The zero-order valence-corrected chi connectivity index (χ0v) is 11.6. The molecule has 0 aliphatic carbocycles. The molecule has 1 aliphatic heterocycles. The molecule has 3 nitrogen and oxygen atoms in total. The van der Waals surface area contributed by atoms with E-state index in [0.29, 0.717) is 18.9 Å². The van der Waals surface area contributed by atoms with Crippen molar-refractivity contribution in [2.24, 2.45) is 5.73 Å². The number of nitrogens with two attached hydrogens (primary N) is 1. The van der Waals surface area contributed by atoms with E-state index in [4.69, 9.17) is 10.5 Å². The van der Waals surface area contributed by atoms with Crippen LogP contribution in [0.1, 0.15) is 19.4 Å². The van der Waals surface area contributed by atoms with Gasteiger partial charge in [0.05, 0.1) is 0 Å². The SMILES string of the molecule is CC(C)(N)CN1CCOc2c(F)cccc2C1.Cl. The zero-order chi connectivity index (χ0) is 12.5. The van der Waals surface area contributed by atoms with Crippen molar-refractivity contribution in [2.45, 2.75) is 25.9 Å². The molecule has 1 heterocycles. The molecule has 0 saturated heterocycles. The summed E-state index contributed by atoms with van der Waals surface area (Å²) >= 11 is 0. The van der Waals surface area contributed by atoms with Gasteiger partial charge >= 0.3 is 0 Å². The molecule has 1 aromatic carbocycles. The van der Waals surface area contributed by atoms with Gasteiger partial charge in [-0.1, -0.05) is 12.1 Å².